The van der Waals surface area contributed by atoms with Crippen LogP contribution in [0.3, 0.4) is 0 Å². The average molecular weight is 281 g/mol. The summed E-state index contributed by atoms with van der Waals surface area (Å²) in [5.74, 6) is 1.51. The molecule has 0 saturated carbocycles. The Morgan fingerprint density at radius 3 is 2.53 bits per heavy atom. The van der Waals surface area contributed by atoms with Gasteiger partial charge < -0.3 is 15.2 Å². The van der Waals surface area contributed by atoms with E-state index in [9.17, 15) is 0 Å². The zero-order chi connectivity index (χ0) is 14.0. The zero-order valence-corrected chi connectivity index (χ0v) is 12.4. The van der Waals surface area contributed by atoms with Crippen LogP contribution in [0.5, 0.6) is 11.5 Å². The summed E-state index contributed by atoms with van der Waals surface area (Å²) in [7, 11) is 3.28. The van der Waals surface area contributed by atoms with Crippen molar-refractivity contribution in [2.24, 2.45) is 5.73 Å². The molecule has 6 heteroatoms. The van der Waals surface area contributed by atoms with E-state index in [1.165, 1.54) is 0 Å². The summed E-state index contributed by atoms with van der Waals surface area (Å²) in [5.41, 5.74) is 7.26. The van der Waals surface area contributed by atoms with Crippen molar-refractivity contribution in [2.45, 2.75) is 25.9 Å². The summed E-state index contributed by atoms with van der Waals surface area (Å²) in [4.78, 5) is 0.975. The van der Waals surface area contributed by atoms with Gasteiger partial charge >= 0.3 is 0 Å². The molecule has 0 amide bonds. The Hall–Kier alpha value is -1.53. The van der Waals surface area contributed by atoms with Gasteiger partial charge in [0.25, 0.3) is 0 Å². The molecule has 19 heavy (non-hydrogen) atoms. The molecule has 0 spiro atoms. The molecule has 0 bridgehead atoms. The third kappa shape index (κ3) is 2.46. The third-order valence-corrected chi connectivity index (χ3v) is 3.94. The van der Waals surface area contributed by atoms with Gasteiger partial charge in [0.05, 0.1) is 31.3 Å². The summed E-state index contributed by atoms with van der Waals surface area (Å²) >= 11 is 1.57. The molecule has 2 N–H and O–H groups in total. The Balaban J connectivity index is 2.48. The molecule has 0 aliphatic carbocycles. The van der Waals surface area contributed by atoms with Gasteiger partial charge in [-0.25, -0.2) is 0 Å². The lowest BCUT2D eigenvalue weighted by molar-refractivity contribution is 0.395. The number of methoxy groups -OCH3 is 2. The standard InChI is InChI=1S/C13H19N3O2S/c1-8(2)16-12(10(18-4)7-15-16)11(14)13-9(17-3)5-6-19-13/h5-8,11H,14H2,1-4H3. The van der Waals surface area contributed by atoms with Crippen LogP contribution in [-0.4, -0.2) is 24.0 Å². The van der Waals surface area contributed by atoms with Crippen LogP contribution in [0.1, 0.15) is 36.5 Å². The molecular formula is C13H19N3O2S. The van der Waals surface area contributed by atoms with Gasteiger partial charge in [0, 0.05) is 6.04 Å². The van der Waals surface area contributed by atoms with E-state index in [4.69, 9.17) is 15.2 Å². The van der Waals surface area contributed by atoms with E-state index in [1.54, 1.807) is 31.8 Å². The highest BCUT2D eigenvalue weighted by atomic mass is 32.1. The molecule has 0 aromatic carbocycles. The van der Waals surface area contributed by atoms with Gasteiger partial charge in [0.15, 0.2) is 5.75 Å². The van der Waals surface area contributed by atoms with Gasteiger partial charge in [0.1, 0.15) is 11.4 Å². The second-order valence-electron chi connectivity index (χ2n) is 4.47. The number of nitrogens with two attached hydrogens (primary N) is 1. The quantitative estimate of drug-likeness (QED) is 0.915. The van der Waals surface area contributed by atoms with Crippen LogP contribution < -0.4 is 15.2 Å². The molecule has 2 aromatic rings. The van der Waals surface area contributed by atoms with E-state index in [0.717, 1.165) is 16.3 Å². The lowest BCUT2D eigenvalue weighted by Crippen LogP contribution is -2.19. The lowest BCUT2D eigenvalue weighted by atomic mass is 10.1. The van der Waals surface area contributed by atoms with E-state index in [1.807, 2.05) is 16.1 Å². The van der Waals surface area contributed by atoms with Crippen molar-refractivity contribution in [3.05, 3.63) is 28.2 Å². The number of nitrogens with zero attached hydrogens (tertiary/aromatic N) is 2. The first-order valence-corrected chi connectivity index (χ1v) is 6.96. The van der Waals surface area contributed by atoms with Crippen LogP contribution in [-0.2, 0) is 0 Å². The third-order valence-electron chi connectivity index (χ3n) is 2.96. The van der Waals surface area contributed by atoms with Crippen molar-refractivity contribution in [3.63, 3.8) is 0 Å². The fourth-order valence-corrected chi connectivity index (χ4v) is 2.91. The average Bonchev–Trinajstić information content (AvgIpc) is 3.03. The lowest BCUT2D eigenvalue weighted by Gasteiger charge is -2.18. The smallest absolute Gasteiger partial charge is 0.161 e. The Labute approximate surface area is 116 Å². The summed E-state index contributed by atoms with van der Waals surface area (Å²) in [6.45, 7) is 4.13. The van der Waals surface area contributed by atoms with Crippen LogP contribution >= 0.6 is 11.3 Å². The fourth-order valence-electron chi connectivity index (χ4n) is 2.05. The van der Waals surface area contributed by atoms with Crippen LogP contribution in [0.4, 0.5) is 0 Å². The SMILES string of the molecule is COc1ccsc1C(N)c1c(OC)cnn1C(C)C. The largest absolute Gasteiger partial charge is 0.496 e. The molecule has 5 nitrogen and oxygen atoms in total. The minimum atomic E-state index is -0.310. The predicted molar refractivity (Wildman–Crippen MR) is 76.1 cm³/mol. The van der Waals surface area contributed by atoms with Gasteiger partial charge in [-0.2, -0.15) is 5.10 Å². The van der Waals surface area contributed by atoms with Crippen molar-refractivity contribution in [1.82, 2.24) is 9.78 Å². The maximum Gasteiger partial charge on any atom is 0.161 e. The van der Waals surface area contributed by atoms with Crippen LogP contribution in [0, 0.1) is 0 Å². The molecule has 0 radical (unpaired) electrons. The Morgan fingerprint density at radius 2 is 1.95 bits per heavy atom. The predicted octanol–water partition coefficient (Wildman–Crippen LogP) is 2.59. The summed E-state index contributed by atoms with van der Waals surface area (Å²) in [6, 6.07) is 1.83. The summed E-state index contributed by atoms with van der Waals surface area (Å²) < 4.78 is 12.6. The maximum atomic E-state index is 6.39. The zero-order valence-electron chi connectivity index (χ0n) is 11.6. The van der Waals surface area contributed by atoms with Gasteiger partial charge in [-0.05, 0) is 25.3 Å². The molecule has 2 rings (SSSR count). The first-order chi connectivity index (χ1) is 9.10. The van der Waals surface area contributed by atoms with Crippen molar-refractivity contribution in [1.29, 1.82) is 0 Å². The van der Waals surface area contributed by atoms with E-state index < -0.39 is 0 Å². The number of thiophene rings is 1. The van der Waals surface area contributed by atoms with Gasteiger partial charge in [-0.1, -0.05) is 0 Å². The normalized spacial score (nSPS) is 12.7. The van der Waals surface area contributed by atoms with Gasteiger partial charge in [0.2, 0.25) is 0 Å². The molecule has 1 atom stereocenters. The summed E-state index contributed by atoms with van der Waals surface area (Å²) in [6.07, 6.45) is 1.70. The minimum absolute atomic E-state index is 0.218. The van der Waals surface area contributed by atoms with E-state index in [0.29, 0.717) is 5.75 Å². The van der Waals surface area contributed by atoms with E-state index in [-0.39, 0.29) is 12.1 Å². The number of rotatable bonds is 5. The monoisotopic (exact) mass is 281 g/mol. The van der Waals surface area contributed by atoms with E-state index in [2.05, 4.69) is 18.9 Å². The first-order valence-electron chi connectivity index (χ1n) is 6.08. The Morgan fingerprint density at radius 1 is 1.26 bits per heavy atom. The second-order valence-corrected chi connectivity index (χ2v) is 5.42. The minimum Gasteiger partial charge on any atom is -0.496 e. The molecular weight excluding hydrogens is 262 g/mol. The molecule has 2 aromatic heterocycles. The highest BCUT2D eigenvalue weighted by Crippen LogP contribution is 2.37. The molecule has 0 fully saturated rings. The first kappa shape index (κ1) is 13.9. The topological polar surface area (TPSA) is 62.3 Å². The molecule has 0 aliphatic heterocycles. The van der Waals surface area contributed by atoms with Crippen molar-refractivity contribution >= 4 is 11.3 Å². The molecule has 0 aliphatic rings. The van der Waals surface area contributed by atoms with Crippen molar-refractivity contribution in [2.75, 3.05) is 14.2 Å². The molecule has 1 unspecified atom stereocenters. The van der Waals surface area contributed by atoms with Crippen molar-refractivity contribution in [3.8, 4) is 11.5 Å². The van der Waals surface area contributed by atoms with Crippen LogP contribution in [0.25, 0.3) is 0 Å². The van der Waals surface area contributed by atoms with Crippen LogP contribution in [0.2, 0.25) is 0 Å². The molecule has 104 valence electrons. The fraction of sp³-hybridized carbons (Fsp3) is 0.462. The highest BCUT2D eigenvalue weighted by molar-refractivity contribution is 7.10. The number of aromatic nitrogens is 2. The number of hydrogen-bond donors (Lipinski definition) is 1. The van der Waals surface area contributed by atoms with Gasteiger partial charge in [-0.3, -0.25) is 4.68 Å². The number of ether oxygens (including phenoxy) is 2. The highest BCUT2D eigenvalue weighted by Gasteiger charge is 2.25. The Bertz CT molecular complexity index is 548. The van der Waals surface area contributed by atoms with Crippen LogP contribution in [0.15, 0.2) is 17.6 Å². The molecule has 2 heterocycles. The van der Waals surface area contributed by atoms with E-state index >= 15 is 0 Å². The van der Waals surface area contributed by atoms with Crippen molar-refractivity contribution < 1.29 is 9.47 Å². The second kappa shape index (κ2) is 5.63. The number of hydrogen-bond acceptors (Lipinski definition) is 5. The molecule has 0 saturated heterocycles. The van der Waals surface area contributed by atoms with Gasteiger partial charge in [-0.15, -0.1) is 11.3 Å². The Kier molecular flexibility index (Phi) is 4.11. The maximum absolute atomic E-state index is 6.39. The summed E-state index contributed by atoms with van der Waals surface area (Å²) in [5, 5.41) is 6.32.